The molecule has 0 amide bonds. The van der Waals surface area contributed by atoms with Crippen LogP contribution in [0.3, 0.4) is 0 Å². The molecule has 3 rings (SSSR count). The van der Waals surface area contributed by atoms with Crippen molar-refractivity contribution in [3.05, 3.63) is 23.9 Å². The predicted molar refractivity (Wildman–Crippen MR) is 49.9 cm³/mol. The molecule has 4 heteroatoms. The highest BCUT2D eigenvalue weighted by Gasteiger charge is 2.17. The molecule has 1 aliphatic rings. The number of aromatic nitrogens is 2. The fourth-order valence-corrected chi connectivity index (χ4v) is 1.81. The van der Waals surface area contributed by atoms with Crippen molar-refractivity contribution in [2.45, 2.75) is 6.54 Å². The van der Waals surface area contributed by atoms with Crippen molar-refractivity contribution in [1.82, 2.24) is 9.78 Å². The molecule has 0 unspecified atom stereocenters. The summed E-state index contributed by atoms with van der Waals surface area (Å²) in [5.41, 5.74) is 1.42. The summed E-state index contributed by atoms with van der Waals surface area (Å²) in [5, 5.41) is 14.0. The highest BCUT2D eigenvalue weighted by atomic mass is 16.5. The molecular weight excluding hydrogens is 178 g/mol. The second kappa shape index (κ2) is 2.48. The van der Waals surface area contributed by atoms with Crippen molar-refractivity contribution in [2.24, 2.45) is 0 Å². The van der Waals surface area contributed by atoms with Crippen LogP contribution >= 0.6 is 0 Å². The number of nitriles is 1. The quantitative estimate of drug-likeness (QED) is 0.621. The van der Waals surface area contributed by atoms with E-state index < -0.39 is 0 Å². The van der Waals surface area contributed by atoms with Crippen LogP contribution in [0, 0.1) is 11.3 Å². The minimum absolute atomic E-state index is 0.479. The van der Waals surface area contributed by atoms with Crippen LogP contribution in [-0.2, 0) is 6.54 Å². The Morgan fingerprint density at radius 2 is 2.43 bits per heavy atom. The lowest BCUT2D eigenvalue weighted by atomic mass is 10.2. The van der Waals surface area contributed by atoms with E-state index in [4.69, 9.17) is 10.00 Å². The molecule has 2 heterocycles. The number of para-hydroxylation sites is 1. The van der Waals surface area contributed by atoms with Crippen molar-refractivity contribution >= 4 is 10.9 Å². The zero-order valence-electron chi connectivity index (χ0n) is 7.40. The molecule has 0 aliphatic carbocycles. The molecule has 1 aliphatic heterocycles. The van der Waals surface area contributed by atoms with E-state index in [1.165, 1.54) is 0 Å². The largest absolute Gasteiger partial charge is 0.489 e. The van der Waals surface area contributed by atoms with Gasteiger partial charge in [-0.3, -0.25) is 4.68 Å². The summed E-state index contributed by atoms with van der Waals surface area (Å²) in [6, 6.07) is 7.78. The van der Waals surface area contributed by atoms with E-state index in [0.29, 0.717) is 12.3 Å². The van der Waals surface area contributed by atoms with E-state index in [0.717, 1.165) is 23.2 Å². The van der Waals surface area contributed by atoms with Gasteiger partial charge in [0.25, 0.3) is 0 Å². The van der Waals surface area contributed by atoms with Gasteiger partial charge in [0, 0.05) is 5.39 Å². The van der Waals surface area contributed by atoms with E-state index in [1.807, 2.05) is 22.9 Å². The standard InChI is InChI=1S/C10H7N3O/c11-6-8-7-2-1-3-9-10(7)13(12-8)4-5-14-9/h1-3H,4-5H2. The first-order valence-corrected chi connectivity index (χ1v) is 4.42. The lowest BCUT2D eigenvalue weighted by Crippen LogP contribution is -2.14. The van der Waals surface area contributed by atoms with Crippen LogP contribution in [0.2, 0.25) is 0 Å². The van der Waals surface area contributed by atoms with Crippen LogP contribution in [0.15, 0.2) is 18.2 Å². The molecule has 14 heavy (non-hydrogen) atoms. The van der Waals surface area contributed by atoms with Gasteiger partial charge in [-0.05, 0) is 12.1 Å². The molecule has 0 N–H and O–H groups in total. The Bertz CT molecular complexity index is 550. The Labute approximate surface area is 80.3 Å². The Morgan fingerprint density at radius 1 is 1.50 bits per heavy atom. The fraction of sp³-hybridized carbons (Fsp3) is 0.200. The van der Waals surface area contributed by atoms with Gasteiger partial charge >= 0.3 is 0 Å². The molecular formula is C10H7N3O. The van der Waals surface area contributed by atoms with Gasteiger partial charge in [0.05, 0.1) is 6.54 Å². The summed E-state index contributed by atoms with van der Waals surface area (Å²) < 4.78 is 7.32. The monoisotopic (exact) mass is 185 g/mol. The maximum Gasteiger partial charge on any atom is 0.170 e. The smallest absolute Gasteiger partial charge is 0.170 e. The lowest BCUT2D eigenvalue weighted by Gasteiger charge is -2.14. The van der Waals surface area contributed by atoms with Crippen molar-refractivity contribution in [1.29, 1.82) is 5.26 Å². The van der Waals surface area contributed by atoms with Crippen LogP contribution in [0.5, 0.6) is 5.75 Å². The summed E-state index contributed by atoms with van der Waals surface area (Å²) in [4.78, 5) is 0. The Hall–Kier alpha value is -2.02. The highest BCUT2D eigenvalue weighted by Crippen LogP contribution is 2.29. The summed E-state index contributed by atoms with van der Waals surface area (Å²) in [7, 11) is 0. The van der Waals surface area contributed by atoms with Gasteiger partial charge in [-0.25, -0.2) is 0 Å². The third-order valence-corrected chi connectivity index (χ3v) is 2.40. The third kappa shape index (κ3) is 0.787. The van der Waals surface area contributed by atoms with Gasteiger partial charge in [0.2, 0.25) is 0 Å². The van der Waals surface area contributed by atoms with Gasteiger partial charge in [0.1, 0.15) is 23.9 Å². The molecule has 1 aromatic carbocycles. The topological polar surface area (TPSA) is 50.8 Å². The molecule has 0 atom stereocenters. The van der Waals surface area contributed by atoms with Gasteiger partial charge in [-0.15, -0.1) is 0 Å². The SMILES string of the molecule is N#Cc1nn2c3c(cccc13)OCC2. The molecule has 1 aromatic heterocycles. The molecule has 0 saturated heterocycles. The van der Waals surface area contributed by atoms with Crippen LogP contribution in [0.25, 0.3) is 10.9 Å². The molecule has 0 fully saturated rings. The zero-order chi connectivity index (χ0) is 9.54. The lowest BCUT2D eigenvalue weighted by molar-refractivity contribution is 0.278. The Balaban J connectivity index is 2.49. The van der Waals surface area contributed by atoms with Gasteiger partial charge in [-0.2, -0.15) is 10.4 Å². The first-order valence-electron chi connectivity index (χ1n) is 4.42. The van der Waals surface area contributed by atoms with Crippen LogP contribution in [-0.4, -0.2) is 16.4 Å². The first-order chi connectivity index (χ1) is 6.90. The molecule has 68 valence electrons. The van der Waals surface area contributed by atoms with E-state index in [9.17, 15) is 0 Å². The predicted octanol–water partition coefficient (Wildman–Crippen LogP) is 1.30. The van der Waals surface area contributed by atoms with Crippen LogP contribution < -0.4 is 4.74 Å². The number of hydrogen-bond donors (Lipinski definition) is 0. The third-order valence-electron chi connectivity index (χ3n) is 2.40. The van der Waals surface area contributed by atoms with E-state index in [-0.39, 0.29) is 0 Å². The summed E-state index contributed by atoms with van der Waals surface area (Å²) in [6.07, 6.45) is 0. The van der Waals surface area contributed by atoms with Gasteiger partial charge < -0.3 is 4.74 Å². The van der Waals surface area contributed by atoms with Gasteiger partial charge in [0.15, 0.2) is 5.69 Å². The summed E-state index contributed by atoms with van der Waals surface area (Å²) in [5.74, 6) is 0.822. The number of ether oxygens (including phenoxy) is 1. The molecule has 0 radical (unpaired) electrons. The number of benzene rings is 1. The average Bonchev–Trinajstić information content (AvgIpc) is 2.60. The summed E-state index contributed by atoms with van der Waals surface area (Å²) in [6.45, 7) is 1.34. The molecule has 4 nitrogen and oxygen atoms in total. The van der Waals surface area contributed by atoms with E-state index >= 15 is 0 Å². The van der Waals surface area contributed by atoms with Crippen molar-refractivity contribution in [2.75, 3.05) is 6.61 Å². The Morgan fingerprint density at radius 3 is 3.29 bits per heavy atom. The summed E-state index contributed by atoms with van der Waals surface area (Å²) >= 11 is 0. The maximum absolute atomic E-state index is 8.89. The number of nitrogens with zero attached hydrogens (tertiary/aromatic N) is 3. The zero-order valence-corrected chi connectivity index (χ0v) is 7.40. The number of rotatable bonds is 0. The maximum atomic E-state index is 8.89. The fourth-order valence-electron chi connectivity index (χ4n) is 1.81. The molecule has 0 saturated carbocycles. The minimum Gasteiger partial charge on any atom is -0.489 e. The van der Waals surface area contributed by atoms with E-state index in [1.54, 1.807) is 0 Å². The van der Waals surface area contributed by atoms with Crippen LogP contribution in [0.4, 0.5) is 0 Å². The normalized spacial score (nSPS) is 13.6. The van der Waals surface area contributed by atoms with Crippen molar-refractivity contribution in [3.63, 3.8) is 0 Å². The average molecular weight is 185 g/mol. The second-order valence-electron chi connectivity index (χ2n) is 3.18. The second-order valence-corrected chi connectivity index (χ2v) is 3.18. The van der Waals surface area contributed by atoms with Gasteiger partial charge in [-0.1, -0.05) is 6.07 Å². The number of hydrogen-bond acceptors (Lipinski definition) is 3. The molecule has 0 spiro atoms. The molecule has 2 aromatic rings. The van der Waals surface area contributed by atoms with E-state index in [2.05, 4.69) is 11.2 Å². The highest BCUT2D eigenvalue weighted by molar-refractivity contribution is 5.89. The first kappa shape index (κ1) is 7.39. The molecule has 0 bridgehead atoms. The van der Waals surface area contributed by atoms with Crippen molar-refractivity contribution < 1.29 is 4.74 Å². The Kier molecular flexibility index (Phi) is 1.31. The minimum atomic E-state index is 0.479. The van der Waals surface area contributed by atoms with Crippen LogP contribution in [0.1, 0.15) is 5.69 Å². The van der Waals surface area contributed by atoms with Crippen molar-refractivity contribution in [3.8, 4) is 11.8 Å².